The molecule has 1 aromatic carbocycles. The van der Waals surface area contributed by atoms with E-state index in [0.717, 1.165) is 20.3 Å². The van der Waals surface area contributed by atoms with E-state index >= 15 is 0 Å². The van der Waals surface area contributed by atoms with Gasteiger partial charge in [0.25, 0.3) is 5.56 Å². The Labute approximate surface area is 135 Å². The second kappa shape index (κ2) is 5.50. The van der Waals surface area contributed by atoms with E-state index in [2.05, 4.69) is 30.9 Å². The van der Waals surface area contributed by atoms with E-state index in [4.69, 9.17) is 0 Å². The quantitative estimate of drug-likeness (QED) is 0.591. The van der Waals surface area contributed by atoms with Crippen molar-refractivity contribution < 1.29 is 5.11 Å². The number of hydrogen-bond donors (Lipinski definition) is 3. The summed E-state index contributed by atoms with van der Waals surface area (Å²) in [5.74, 6) is -0.532. The van der Waals surface area contributed by atoms with Crippen LogP contribution >= 0.6 is 27.3 Å². The first-order valence-electron chi connectivity index (χ1n) is 6.10. The number of nitrogens with zero attached hydrogens (tertiary/aromatic N) is 2. The first-order valence-corrected chi connectivity index (χ1v) is 7.71. The maximum atomic E-state index is 11.6. The summed E-state index contributed by atoms with van der Waals surface area (Å²) in [5.41, 5.74) is 0.243. The van der Waals surface area contributed by atoms with Crippen LogP contribution in [0, 0.1) is 6.92 Å². The smallest absolute Gasteiger partial charge is 0.328 e. The third-order valence-corrected chi connectivity index (χ3v) is 4.36. The summed E-state index contributed by atoms with van der Waals surface area (Å²) >= 11 is 4.80. The Morgan fingerprint density at radius 1 is 1.36 bits per heavy atom. The maximum Gasteiger partial charge on any atom is 0.328 e. The van der Waals surface area contributed by atoms with Crippen molar-refractivity contribution in [1.82, 2.24) is 15.0 Å². The van der Waals surface area contributed by atoms with Crippen molar-refractivity contribution in [3.8, 4) is 5.88 Å². The summed E-state index contributed by atoms with van der Waals surface area (Å²) in [5, 5.41) is 10.0. The largest absolute Gasteiger partial charge is 0.494 e. The van der Waals surface area contributed by atoms with Crippen LogP contribution in [-0.2, 0) is 0 Å². The van der Waals surface area contributed by atoms with Gasteiger partial charge in [0.1, 0.15) is 5.56 Å². The molecule has 3 N–H and O–H groups in total. The molecule has 7 nitrogen and oxygen atoms in total. The van der Waals surface area contributed by atoms with Crippen LogP contribution < -0.4 is 11.2 Å². The SMILES string of the molecule is Cc1cc(Br)c2nc(N=Cc3c(O)[nH]c(=O)[nH]c3=O)sc2c1. The van der Waals surface area contributed by atoms with E-state index in [1.54, 1.807) is 0 Å². The fraction of sp³-hybridized carbons (Fsp3) is 0.0769. The molecule has 0 aliphatic heterocycles. The number of aryl methyl sites for hydroxylation is 1. The van der Waals surface area contributed by atoms with Gasteiger partial charge in [0.05, 0.1) is 10.2 Å². The maximum absolute atomic E-state index is 11.6. The van der Waals surface area contributed by atoms with Crippen molar-refractivity contribution >= 4 is 48.8 Å². The molecule has 0 bridgehead atoms. The number of fused-ring (bicyclic) bond motifs is 1. The summed E-state index contributed by atoms with van der Waals surface area (Å²) in [7, 11) is 0. The lowest BCUT2D eigenvalue weighted by Crippen LogP contribution is -2.24. The van der Waals surface area contributed by atoms with Gasteiger partial charge in [-0.25, -0.2) is 14.8 Å². The lowest BCUT2D eigenvalue weighted by molar-refractivity contribution is 0.447. The van der Waals surface area contributed by atoms with Crippen LogP contribution in [0.5, 0.6) is 5.88 Å². The Kier molecular flexibility index (Phi) is 3.67. The van der Waals surface area contributed by atoms with E-state index in [1.165, 1.54) is 17.6 Å². The average molecular weight is 381 g/mol. The van der Waals surface area contributed by atoms with E-state index in [9.17, 15) is 14.7 Å². The van der Waals surface area contributed by atoms with Crippen LogP contribution in [0.15, 0.2) is 31.2 Å². The molecular formula is C13H9BrN4O3S. The lowest BCUT2D eigenvalue weighted by Gasteiger charge is -1.94. The van der Waals surface area contributed by atoms with Gasteiger partial charge < -0.3 is 5.11 Å². The third-order valence-electron chi connectivity index (χ3n) is 2.84. The molecule has 0 atom stereocenters. The van der Waals surface area contributed by atoms with Crippen LogP contribution in [0.1, 0.15) is 11.1 Å². The monoisotopic (exact) mass is 380 g/mol. The highest BCUT2D eigenvalue weighted by molar-refractivity contribution is 9.10. The van der Waals surface area contributed by atoms with Crippen LogP contribution in [0.3, 0.4) is 0 Å². The number of rotatable bonds is 2. The summed E-state index contributed by atoms with van der Waals surface area (Å²) in [6.45, 7) is 1.98. The molecule has 0 saturated carbocycles. The number of thiazole rings is 1. The summed E-state index contributed by atoms with van der Waals surface area (Å²) in [4.78, 5) is 35.1. The molecule has 0 amide bonds. The van der Waals surface area contributed by atoms with Gasteiger partial charge in [0, 0.05) is 10.7 Å². The first-order chi connectivity index (χ1) is 10.4. The van der Waals surface area contributed by atoms with Crippen LogP contribution in [0.4, 0.5) is 5.13 Å². The van der Waals surface area contributed by atoms with Gasteiger partial charge in [-0.1, -0.05) is 11.3 Å². The topological polar surface area (TPSA) is 111 Å². The lowest BCUT2D eigenvalue weighted by atomic mass is 10.2. The normalized spacial score (nSPS) is 11.5. The molecule has 0 spiro atoms. The molecule has 3 aromatic rings. The number of hydrogen-bond acceptors (Lipinski definition) is 6. The van der Waals surface area contributed by atoms with Crippen LogP contribution in [-0.4, -0.2) is 26.3 Å². The van der Waals surface area contributed by atoms with E-state index in [1.807, 2.05) is 24.0 Å². The van der Waals surface area contributed by atoms with Crippen LogP contribution in [0.2, 0.25) is 0 Å². The molecule has 2 aromatic heterocycles. The number of benzene rings is 1. The summed E-state index contributed by atoms with van der Waals surface area (Å²) in [6.07, 6.45) is 1.17. The molecule has 3 rings (SSSR count). The second-order valence-corrected chi connectivity index (χ2v) is 6.38. The molecule has 0 aliphatic rings. The van der Waals surface area contributed by atoms with Gasteiger partial charge in [0.2, 0.25) is 11.0 Å². The van der Waals surface area contributed by atoms with Crippen molar-refractivity contribution in [3.63, 3.8) is 0 Å². The zero-order valence-corrected chi connectivity index (χ0v) is 13.6. The number of halogens is 1. The predicted molar refractivity (Wildman–Crippen MR) is 88.7 cm³/mol. The number of aromatic amines is 2. The first kappa shape index (κ1) is 14.7. The second-order valence-electron chi connectivity index (χ2n) is 4.52. The fourth-order valence-electron chi connectivity index (χ4n) is 1.88. The Bertz CT molecular complexity index is 1020. The van der Waals surface area contributed by atoms with Crippen molar-refractivity contribution in [2.45, 2.75) is 6.92 Å². The van der Waals surface area contributed by atoms with Crippen molar-refractivity contribution in [1.29, 1.82) is 0 Å². The van der Waals surface area contributed by atoms with E-state index in [-0.39, 0.29) is 5.56 Å². The fourth-order valence-corrected chi connectivity index (χ4v) is 3.62. The molecule has 0 saturated heterocycles. The highest BCUT2D eigenvalue weighted by Crippen LogP contribution is 2.33. The number of H-pyrrole nitrogens is 2. The van der Waals surface area contributed by atoms with Crippen molar-refractivity contribution in [2.75, 3.05) is 0 Å². The van der Waals surface area contributed by atoms with Crippen molar-refractivity contribution in [3.05, 3.63) is 48.6 Å². The molecular weight excluding hydrogens is 372 g/mol. The Hall–Kier alpha value is -2.26. The number of nitrogens with one attached hydrogen (secondary N) is 2. The van der Waals surface area contributed by atoms with Gasteiger partial charge >= 0.3 is 5.69 Å². The highest BCUT2D eigenvalue weighted by atomic mass is 79.9. The van der Waals surface area contributed by atoms with Crippen molar-refractivity contribution in [2.24, 2.45) is 4.99 Å². The minimum absolute atomic E-state index is 0.130. The van der Waals surface area contributed by atoms with E-state index in [0.29, 0.717) is 5.13 Å². The molecule has 22 heavy (non-hydrogen) atoms. The Balaban J connectivity index is 2.05. The summed E-state index contributed by atoms with van der Waals surface area (Å²) in [6, 6.07) is 3.94. The molecule has 0 unspecified atom stereocenters. The molecule has 2 heterocycles. The minimum Gasteiger partial charge on any atom is -0.494 e. The molecule has 0 fully saturated rings. The standard InChI is InChI=1S/C13H9BrN4O3S/c1-5-2-7(14)9-8(3-5)22-13(16-9)15-4-6-10(19)17-12(21)18-11(6)20/h2-4H,1H3,(H3,17,18,19,20,21). The van der Waals surface area contributed by atoms with Gasteiger partial charge in [-0.05, 0) is 40.5 Å². The molecule has 0 radical (unpaired) electrons. The Morgan fingerprint density at radius 3 is 2.86 bits per heavy atom. The molecule has 9 heteroatoms. The predicted octanol–water partition coefficient (Wildman–Crippen LogP) is 2.20. The van der Waals surface area contributed by atoms with Gasteiger partial charge in [-0.15, -0.1) is 0 Å². The highest BCUT2D eigenvalue weighted by Gasteiger charge is 2.09. The molecule has 0 aliphatic carbocycles. The van der Waals surface area contributed by atoms with Gasteiger partial charge in [0.15, 0.2) is 0 Å². The Morgan fingerprint density at radius 2 is 2.14 bits per heavy atom. The number of aromatic hydroxyl groups is 1. The van der Waals surface area contributed by atoms with E-state index < -0.39 is 17.1 Å². The third kappa shape index (κ3) is 2.72. The average Bonchev–Trinajstić information content (AvgIpc) is 2.80. The minimum atomic E-state index is -0.779. The number of aliphatic imine (C=N–C) groups is 1. The zero-order valence-electron chi connectivity index (χ0n) is 11.2. The van der Waals surface area contributed by atoms with Gasteiger partial charge in [-0.3, -0.25) is 14.8 Å². The van der Waals surface area contributed by atoms with Gasteiger partial charge in [-0.2, -0.15) is 0 Å². The molecule has 112 valence electrons. The van der Waals surface area contributed by atoms with Crippen LogP contribution in [0.25, 0.3) is 10.2 Å². The number of aromatic nitrogens is 3. The zero-order chi connectivity index (χ0) is 15.9. The summed E-state index contributed by atoms with van der Waals surface area (Å²) < 4.78 is 1.82.